The third-order valence-corrected chi connectivity index (χ3v) is 3.65. The molecule has 0 fully saturated rings. The third kappa shape index (κ3) is 5.97. The molecule has 0 bridgehead atoms. The molecule has 0 aliphatic carbocycles. The van der Waals surface area contributed by atoms with Gasteiger partial charge < -0.3 is 20.6 Å². The fraction of sp³-hybridized carbons (Fsp3) is 0.476. The zero-order valence-electron chi connectivity index (χ0n) is 18.5. The van der Waals surface area contributed by atoms with Crippen LogP contribution >= 0.6 is 0 Å². The first-order chi connectivity index (χ1) is 13.4. The normalized spacial score (nSPS) is 13.7. The smallest absolute Gasteiger partial charge is 0.279 e. The van der Waals surface area contributed by atoms with E-state index in [0.717, 1.165) is 10.8 Å². The second kappa shape index (κ2) is 9.95. The summed E-state index contributed by atoms with van der Waals surface area (Å²) in [6.45, 7) is 10.2. The van der Waals surface area contributed by atoms with Crippen LogP contribution in [0.4, 0.5) is 5.69 Å². The lowest BCUT2D eigenvalue weighted by molar-refractivity contribution is -0.136. The van der Waals surface area contributed by atoms with Crippen LogP contribution in [0, 0.1) is 5.92 Å². The summed E-state index contributed by atoms with van der Waals surface area (Å²) in [7, 11) is 4.53. The van der Waals surface area contributed by atoms with Crippen LogP contribution in [0.1, 0.15) is 45.0 Å². The Kier molecular flexibility index (Phi) is 8.24. The second-order valence-corrected chi connectivity index (χ2v) is 7.98. The molecule has 0 radical (unpaired) electrons. The summed E-state index contributed by atoms with van der Waals surface area (Å²) in [5.74, 6) is -0.799. The zero-order chi connectivity index (χ0) is 22.5. The van der Waals surface area contributed by atoms with Gasteiger partial charge in [-0.25, -0.2) is 0 Å². The second-order valence-electron chi connectivity index (χ2n) is 7.98. The molecule has 8 nitrogen and oxygen atoms in total. The lowest BCUT2D eigenvalue weighted by Gasteiger charge is -2.16. The quantitative estimate of drug-likeness (QED) is 0.514. The number of nitrogens with one attached hydrogen (secondary N) is 2. The minimum absolute atomic E-state index is 0.0333. The summed E-state index contributed by atoms with van der Waals surface area (Å²) in [6.07, 6.45) is 0. The maximum absolute atomic E-state index is 12.3. The van der Waals surface area contributed by atoms with Gasteiger partial charge in [-0.2, -0.15) is 0 Å². The molecule has 0 spiro atoms. The topological polar surface area (TPSA) is 102 Å². The molecule has 0 atom stereocenters. The van der Waals surface area contributed by atoms with Crippen LogP contribution in [0.25, 0.3) is 0 Å². The van der Waals surface area contributed by atoms with Gasteiger partial charge in [-0.1, -0.05) is 26.8 Å². The SMILES string of the molecule is CC(C)C.CC(C)NC1=C(Nc2cccc(C(=O)N(C)C)c2O)C(=O)N(C)C1=O. The van der Waals surface area contributed by atoms with E-state index in [9.17, 15) is 19.5 Å². The number of nitrogens with zero attached hydrogens (tertiary/aromatic N) is 2. The van der Waals surface area contributed by atoms with E-state index in [1.165, 1.54) is 24.1 Å². The van der Waals surface area contributed by atoms with E-state index in [0.29, 0.717) is 0 Å². The fourth-order valence-electron chi connectivity index (χ4n) is 2.37. The summed E-state index contributed by atoms with van der Waals surface area (Å²) in [6, 6.07) is 4.53. The third-order valence-electron chi connectivity index (χ3n) is 3.65. The maximum Gasteiger partial charge on any atom is 0.279 e. The Morgan fingerprint density at radius 3 is 2.03 bits per heavy atom. The Hall–Kier alpha value is -3.03. The predicted octanol–water partition coefficient (Wildman–Crippen LogP) is 2.38. The molecule has 0 unspecified atom stereocenters. The molecule has 1 aromatic rings. The Bertz CT molecular complexity index is 810. The highest BCUT2D eigenvalue weighted by molar-refractivity contribution is 6.20. The van der Waals surface area contributed by atoms with Crippen molar-refractivity contribution in [3.05, 3.63) is 35.2 Å². The summed E-state index contributed by atoms with van der Waals surface area (Å²) in [4.78, 5) is 39.0. The average molecular weight is 405 g/mol. The first-order valence-corrected chi connectivity index (χ1v) is 9.52. The molecule has 0 aromatic heterocycles. The molecule has 0 saturated carbocycles. The van der Waals surface area contributed by atoms with Crippen molar-refractivity contribution in [3.8, 4) is 5.75 Å². The number of carbonyl (C=O) groups excluding carboxylic acids is 3. The van der Waals surface area contributed by atoms with Crippen LogP contribution in [0.3, 0.4) is 0 Å². The molecule has 1 heterocycles. The van der Waals surface area contributed by atoms with Gasteiger partial charge in [0.05, 0.1) is 11.3 Å². The standard InChI is InChI=1S/C17H22N4O4.C4H10/c1-9(2)18-12-13(17(25)21(5)16(12)24)19-11-8-6-7-10(14(11)22)15(23)20(3)4;1-4(2)3/h6-9,18-19,22H,1-5H3;4H,1-3H3. The van der Waals surface area contributed by atoms with E-state index in [-0.39, 0.29) is 40.3 Å². The van der Waals surface area contributed by atoms with Gasteiger partial charge in [-0.05, 0) is 31.9 Å². The van der Waals surface area contributed by atoms with Gasteiger partial charge in [0.25, 0.3) is 17.7 Å². The number of carbonyl (C=O) groups is 3. The van der Waals surface area contributed by atoms with Crippen LogP contribution in [-0.4, -0.2) is 59.8 Å². The van der Waals surface area contributed by atoms with Gasteiger partial charge in [0.2, 0.25) is 0 Å². The molecule has 3 amide bonds. The number of likely N-dealkylation sites (N-methyl/N-ethyl adjacent to an activating group) is 1. The molecule has 0 saturated heterocycles. The van der Waals surface area contributed by atoms with Crippen LogP contribution in [0.2, 0.25) is 0 Å². The molecule has 1 aromatic carbocycles. The van der Waals surface area contributed by atoms with Crippen molar-refractivity contribution >= 4 is 23.4 Å². The monoisotopic (exact) mass is 404 g/mol. The van der Waals surface area contributed by atoms with Gasteiger partial charge in [0, 0.05) is 27.2 Å². The number of anilines is 1. The van der Waals surface area contributed by atoms with Crippen LogP contribution in [0.5, 0.6) is 5.75 Å². The van der Waals surface area contributed by atoms with Crippen LogP contribution in [0.15, 0.2) is 29.6 Å². The first-order valence-electron chi connectivity index (χ1n) is 9.52. The maximum atomic E-state index is 12.3. The van der Waals surface area contributed by atoms with Crippen molar-refractivity contribution in [2.24, 2.45) is 5.92 Å². The number of aromatic hydroxyl groups is 1. The van der Waals surface area contributed by atoms with E-state index in [1.807, 2.05) is 13.8 Å². The molecule has 3 N–H and O–H groups in total. The predicted molar refractivity (Wildman–Crippen MR) is 113 cm³/mol. The number of para-hydroxylation sites is 1. The summed E-state index contributed by atoms with van der Waals surface area (Å²) in [5, 5.41) is 16.1. The molecular formula is C21H32N4O4. The van der Waals surface area contributed by atoms with Crippen molar-refractivity contribution in [2.45, 2.75) is 40.7 Å². The van der Waals surface area contributed by atoms with E-state index in [1.54, 1.807) is 20.2 Å². The van der Waals surface area contributed by atoms with Gasteiger partial charge in [0.1, 0.15) is 11.4 Å². The molecule has 2 rings (SSSR count). The van der Waals surface area contributed by atoms with Gasteiger partial charge in [-0.15, -0.1) is 0 Å². The Balaban J connectivity index is 0.000000960. The number of amides is 3. The van der Waals surface area contributed by atoms with E-state index >= 15 is 0 Å². The highest BCUT2D eigenvalue weighted by Gasteiger charge is 2.37. The highest BCUT2D eigenvalue weighted by Crippen LogP contribution is 2.31. The van der Waals surface area contributed by atoms with E-state index in [2.05, 4.69) is 31.4 Å². The Morgan fingerprint density at radius 2 is 1.55 bits per heavy atom. The molecule has 1 aliphatic rings. The number of benzene rings is 1. The lowest BCUT2D eigenvalue weighted by atomic mass is 10.1. The number of imide groups is 1. The van der Waals surface area contributed by atoms with Gasteiger partial charge in [0.15, 0.2) is 5.75 Å². The van der Waals surface area contributed by atoms with Gasteiger partial charge in [-0.3, -0.25) is 19.3 Å². The number of hydrogen-bond acceptors (Lipinski definition) is 6. The highest BCUT2D eigenvalue weighted by atomic mass is 16.3. The average Bonchev–Trinajstić information content (AvgIpc) is 2.80. The Morgan fingerprint density at radius 1 is 1.03 bits per heavy atom. The number of phenolic OH excluding ortho intramolecular Hbond substituents is 1. The molecule has 29 heavy (non-hydrogen) atoms. The first kappa shape index (κ1) is 24.0. The van der Waals surface area contributed by atoms with Crippen molar-refractivity contribution in [2.75, 3.05) is 26.5 Å². The molecule has 160 valence electrons. The number of hydrogen-bond donors (Lipinski definition) is 3. The number of phenols is 1. The van der Waals surface area contributed by atoms with E-state index < -0.39 is 11.8 Å². The minimum atomic E-state index is -0.517. The number of rotatable bonds is 5. The van der Waals surface area contributed by atoms with Crippen molar-refractivity contribution in [3.63, 3.8) is 0 Å². The fourth-order valence-corrected chi connectivity index (χ4v) is 2.37. The largest absolute Gasteiger partial charge is 0.505 e. The Labute approximate surface area is 172 Å². The molecule has 1 aliphatic heterocycles. The van der Waals surface area contributed by atoms with E-state index in [4.69, 9.17) is 0 Å². The zero-order valence-corrected chi connectivity index (χ0v) is 18.5. The lowest BCUT2D eigenvalue weighted by Crippen LogP contribution is -2.32. The van der Waals surface area contributed by atoms with Crippen molar-refractivity contribution in [1.82, 2.24) is 15.1 Å². The van der Waals surface area contributed by atoms with Crippen LogP contribution < -0.4 is 10.6 Å². The van der Waals surface area contributed by atoms with Crippen molar-refractivity contribution < 1.29 is 19.5 Å². The van der Waals surface area contributed by atoms with Gasteiger partial charge >= 0.3 is 0 Å². The molecular weight excluding hydrogens is 372 g/mol. The van der Waals surface area contributed by atoms with Crippen molar-refractivity contribution in [1.29, 1.82) is 0 Å². The minimum Gasteiger partial charge on any atom is -0.505 e. The molecule has 8 heteroatoms. The van der Waals surface area contributed by atoms with Crippen LogP contribution in [-0.2, 0) is 9.59 Å². The summed E-state index contributed by atoms with van der Waals surface area (Å²) >= 11 is 0. The summed E-state index contributed by atoms with van der Waals surface area (Å²) in [5.41, 5.74) is 0.429. The summed E-state index contributed by atoms with van der Waals surface area (Å²) < 4.78 is 0.